The third-order valence-electron chi connectivity index (χ3n) is 7.29. The Bertz CT molecular complexity index is 1540. The predicted octanol–water partition coefficient (Wildman–Crippen LogP) is 8.99. The third-order valence-corrected chi connectivity index (χ3v) is 8.67. The zero-order valence-corrected chi connectivity index (χ0v) is 25.9. The molecule has 216 valence electrons. The Hall–Kier alpha value is -3.68. The lowest BCUT2D eigenvalue weighted by Gasteiger charge is -2.14. The number of carbonyl (C=O) groups is 1. The van der Waals surface area contributed by atoms with E-state index in [-0.39, 0.29) is 5.91 Å². The summed E-state index contributed by atoms with van der Waals surface area (Å²) in [5.74, 6) is 0.741. The number of para-hydroxylation sites is 1. The molecule has 2 heterocycles. The van der Waals surface area contributed by atoms with E-state index in [4.69, 9.17) is 22.1 Å². The van der Waals surface area contributed by atoms with Gasteiger partial charge in [-0.15, -0.1) is 0 Å². The average Bonchev–Trinajstić information content (AvgIpc) is 3.55. The summed E-state index contributed by atoms with van der Waals surface area (Å²) >= 11 is 7.00. The Labute approximate surface area is 258 Å². The lowest BCUT2D eigenvalue weighted by atomic mass is 10.1. The summed E-state index contributed by atoms with van der Waals surface area (Å²) in [7, 11) is 0. The molecule has 5 rings (SSSR count). The van der Waals surface area contributed by atoms with Crippen molar-refractivity contribution in [1.29, 1.82) is 0 Å². The summed E-state index contributed by atoms with van der Waals surface area (Å²) < 4.78 is 8.63. The molecule has 5 nitrogen and oxygen atoms in total. The van der Waals surface area contributed by atoms with Crippen molar-refractivity contribution in [2.24, 2.45) is 0 Å². The molecule has 0 bridgehead atoms. The van der Waals surface area contributed by atoms with Crippen LogP contribution in [0.25, 0.3) is 23.0 Å². The SMILES string of the molecule is CCCCCCCCN1C(=O)/C(=C/c2cn(-c3ccccc3)nc2-c2cccc(OCc3ccc(C)cc3)c2)SC1=S. The summed E-state index contributed by atoms with van der Waals surface area (Å²) in [6, 6.07) is 26.3. The van der Waals surface area contributed by atoms with Gasteiger partial charge >= 0.3 is 0 Å². The van der Waals surface area contributed by atoms with Crippen LogP contribution in [0.1, 0.15) is 62.1 Å². The number of ether oxygens (including phenoxy) is 1. The molecule has 0 unspecified atom stereocenters. The molecule has 0 atom stereocenters. The van der Waals surface area contributed by atoms with Crippen molar-refractivity contribution in [1.82, 2.24) is 14.7 Å². The molecule has 1 aliphatic rings. The van der Waals surface area contributed by atoms with Crippen LogP contribution in [0.15, 0.2) is 90.0 Å². The minimum absolute atomic E-state index is 0.0212. The van der Waals surface area contributed by atoms with Crippen molar-refractivity contribution in [2.75, 3.05) is 6.54 Å². The Morgan fingerprint density at radius 3 is 2.48 bits per heavy atom. The molecule has 3 aromatic carbocycles. The number of hydrogen-bond donors (Lipinski definition) is 0. The number of hydrogen-bond acceptors (Lipinski definition) is 5. The van der Waals surface area contributed by atoms with Crippen LogP contribution in [0.5, 0.6) is 5.75 Å². The molecule has 0 saturated carbocycles. The fourth-order valence-electron chi connectivity index (χ4n) is 4.90. The number of nitrogens with zero attached hydrogens (tertiary/aromatic N) is 3. The van der Waals surface area contributed by atoms with Gasteiger partial charge in [-0.2, -0.15) is 5.10 Å². The number of carbonyl (C=O) groups excluding carboxylic acids is 1. The average molecular weight is 596 g/mol. The van der Waals surface area contributed by atoms with E-state index >= 15 is 0 Å². The van der Waals surface area contributed by atoms with Crippen molar-refractivity contribution in [3.8, 4) is 22.7 Å². The molecule has 1 aromatic heterocycles. The van der Waals surface area contributed by atoms with Gasteiger partial charge in [0.1, 0.15) is 22.4 Å². The largest absolute Gasteiger partial charge is 0.489 e. The van der Waals surface area contributed by atoms with Gasteiger partial charge in [-0.05, 0) is 49.2 Å². The maximum Gasteiger partial charge on any atom is 0.266 e. The minimum Gasteiger partial charge on any atom is -0.489 e. The maximum atomic E-state index is 13.4. The topological polar surface area (TPSA) is 47.4 Å². The number of thiocarbonyl (C=S) groups is 1. The van der Waals surface area contributed by atoms with E-state index in [0.29, 0.717) is 22.4 Å². The highest BCUT2D eigenvalue weighted by atomic mass is 32.2. The Morgan fingerprint density at radius 2 is 1.69 bits per heavy atom. The first-order valence-electron chi connectivity index (χ1n) is 14.7. The predicted molar refractivity (Wildman–Crippen MR) is 178 cm³/mol. The van der Waals surface area contributed by atoms with E-state index < -0.39 is 0 Å². The first-order valence-corrected chi connectivity index (χ1v) is 15.9. The lowest BCUT2D eigenvalue weighted by Crippen LogP contribution is -2.29. The second-order valence-electron chi connectivity index (χ2n) is 10.6. The van der Waals surface area contributed by atoms with E-state index in [2.05, 4.69) is 38.1 Å². The monoisotopic (exact) mass is 595 g/mol. The molecule has 0 aliphatic carbocycles. The van der Waals surface area contributed by atoms with E-state index in [1.807, 2.05) is 71.6 Å². The molecule has 1 aliphatic heterocycles. The molecule has 0 spiro atoms. The third kappa shape index (κ3) is 7.58. The van der Waals surface area contributed by atoms with Gasteiger partial charge in [-0.1, -0.05) is 123 Å². The molecular weight excluding hydrogens is 559 g/mol. The zero-order valence-electron chi connectivity index (χ0n) is 24.3. The highest BCUT2D eigenvalue weighted by Gasteiger charge is 2.32. The van der Waals surface area contributed by atoms with Crippen molar-refractivity contribution in [3.05, 3.63) is 107 Å². The van der Waals surface area contributed by atoms with Gasteiger partial charge in [0.25, 0.3) is 5.91 Å². The van der Waals surface area contributed by atoms with Crippen molar-refractivity contribution >= 4 is 40.3 Å². The zero-order chi connectivity index (χ0) is 29.3. The fraction of sp³-hybridized carbons (Fsp3) is 0.286. The molecule has 0 radical (unpaired) electrons. The molecule has 4 aromatic rings. The molecule has 1 amide bonds. The minimum atomic E-state index is -0.0212. The fourth-order valence-corrected chi connectivity index (χ4v) is 6.20. The Kier molecular flexibility index (Phi) is 10.3. The van der Waals surface area contributed by atoms with Gasteiger partial charge in [0.15, 0.2) is 0 Å². The maximum absolute atomic E-state index is 13.4. The smallest absolute Gasteiger partial charge is 0.266 e. The van der Waals surface area contributed by atoms with Gasteiger partial charge < -0.3 is 4.74 Å². The van der Waals surface area contributed by atoms with Gasteiger partial charge in [0.05, 0.1) is 10.6 Å². The van der Waals surface area contributed by atoms with Crippen LogP contribution in [0.2, 0.25) is 0 Å². The second kappa shape index (κ2) is 14.5. The van der Waals surface area contributed by atoms with Gasteiger partial charge in [-0.3, -0.25) is 9.69 Å². The van der Waals surface area contributed by atoms with Crippen LogP contribution in [0.3, 0.4) is 0 Å². The normalized spacial score (nSPS) is 14.2. The van der Waals surface area contributed by atoms with E-state index in [1.165, 1.54) is 43.0 Å². The second-order valence-corrected chi connectivity index (χ2v) is 12.3. The molecule has 42 heavy (non-hydrogen) atoms. The molecule has 1 saturated heterocycles. The number of thioether (sulfide) groups is 1. The summed E-state index contributed by atoms with van der Waals surface area (Å²) in [6.07, 6.45) is 10.9. The van der Waals surface area contributed by atoms with Crippen LogP contribution in [-0.4, -0.2) is 31.5 Å². The number of benzene rings is 3. The first-order chi connectivity index (χ1) is 20.5. The Balaban J connectivity index is 1.38. The van der Waals surface area contributed by atoms with E-state index in [0.717, 1.165) is 46.7 Å². The summed E-state index contributed by atoms with van der Waals surface area (Å²) in [5, 5.41) is 4.96. The quantitative estimate of drug-likeness (QED) is 0.0877. The first kappa shape index (κ1) is 29.8. The summed E-state index contributed by atoms with van der Waals surface area (Å²) in [6.45, 7) is 5.45. The molecule has 0 N–H and O–H groups in total. The van der Waals surface area contributed by atoms with E-state index in [9.17, 15) is 4.79 Å². The summed E-state index contributed by atoms with van der Waals surface area (Å²) in [5.41, 5.74) is 5.83. The van der Waals surface area contributed by atoms with Crippen LogP contribution < -0.4 is 4.74 Å². The van der Waals surface area contributed by atoms with Crippen molar-refractivity contribution < 1.29 is 9.53 Å². The van der Waals surface area contributed by atoms with Crippen molar-refractivity contribution in [3.63, 3.8) is 0 Å². The standard InChI is InChI=1S/C35H37N3O2S2/c1-3-4-5-6-7-11-21-37-34(39)32(42-35(37)41)23-29-24-38(30-14-9-8-10-15-30)36-33(29)28-13-12-16-31(22-28)40-25-27-19-17-26(2)18-20-27/h8-10,12-20,22-24H,3-7,11,21,25H2,1-2H3/b32-23-. The highest BCUT2D eigenvalue weighted by molar-refractivity contribution is 8.26. The number of rotatable bonds is 13. The summed E-state index contributed by atoms with van der Waals surface area (Å²) in [4.78, 5) is 15.8. The molecule has 7 heteroatoms. The van der Waals surface area contributed by atoms with Crippen LogP contribution in [-0.2, 0) is 11.4 Å². The van der Waals surface area contributed by atoms with E-state index in [1.54, 1.807) is 4.90 Å². The van der Waals surface area contributed by atoms with Gasteiger partial charge in [0.2, 0.25) is 0 Å². The van der Waals surface area contributed by atoms with Gasteiger partial charge in [-0.25, -0.2) is 4.68 Å². The van der Waals surface area contributed by atoms with Crippen LogP contribution in [0.4, 0.5) is 0 Å². The van der Waals surface area contributed by atoms with Gasteiger partial charge in [0, 0.05) is 23.9 Å². The Morgan fingerprint density at radius 1 is 0.929 bits per heavy atom. The number of unbranched alkanes of at least 4 members (excludes halogenated alkanes) is 5. The molecular formula is C35H37N3O2S2. The van der Waals surface area contributed by atoms with Crippen LogP contribution >= 0.6 is 24.0 Å². The van der Waals surface area contributed by atoms with Crippen molar-refractivity contribution in [2.45, 2.75) is 59.0 Å². The molecule has 1 fully saturated rings. The number of amides is 1. The lowest BCUT2D eigenvalue weighted by molar-refractivity contribution is -0.122. The highest BCUT2D eigenvalue weighted by Crippen LogP contribution is 2.35. The number of aryl methyl sites for hydroxylation is 1. The van der Waals surface area contributed by atoms with Crippen LogP contribution in [0, 0.1) is 6.92 Å². The number of aromatic nitrogens is 2.